The second-order valence-corrected chi connectivity index (χ2v) is 20.6. The first kappa shape index (κ1) is 49.3. The second-order valence-electron chi connectivity index (χ2n) is 20.6. The summed E-state index contributed by atoms with van der Waals surface area (Å²) >= 11 is 0. The van der Waals surface area contributed by atoms with Crippen molar-refractivity contribution in [2.45, 2.75) is 129 Å². The maximum atomic E-state index is 15.0. The fourth-order valence-electron chi connectivity index (χ4n) is 11.5. The molecule has 69 heavy (non-hydrogen) atoms. The van der Waals surface area contributed by atoms with Crippen LogP contribution in [0.4, 0.5) is 18.0 Å². The number of oxime groups is 1. The van der Waals surface area contributed by atoms with E-state index in [2.05, 4.69) is 104 Å². The van der Waals surface area contributed by atoms with Crippen LogP contribution < -0.4 is 22.8 Å². The van der Waals surface area contributed by atoms with Crippen molar-refractivity contribution in [3.63, 3.8) is 0 Å². The van der Waals surface area contributed by atoms with Gasteiger partial charge in [-0.05, 0) is 164 Å². The van der Waals surface area contributed by atoms with Crippen LogP contribution in [0.25, 0.3) is 11.3 Å². The highest BCUT2D eigenvalue weighted by Crippen LogP contribution is 2.56. The Labute approximate surface area is 402 Å². The Morgan fingerprint density at radius 3 is 2.38 bits per heavy atom. The van der Waals surface area contributed by atoms with Crippen molar-refractivity contribution in [3.05, 3.63) is 151 Å². The van der Waals surface area contributed by atoms with Gasteiger partial charge in [0.25, 0.3) is 0 Å². The van der Waals surface area contributed by atoms with Gasteiger partial charge in [0.2, 0.25) is 0 Å². The molecule has 1 saturated heterocycles. The monoisotopic (exact) mass is 947 g/mol. The average Bonchev–Trinajstić information content (AvgIpc) is 3.74. The summed E-state index contributed by atoms with van der Waals surface area (Å²) in [5.74, 6) is 5.70. The van der Waals surface area contributed by atoms with Gasteiger partial charge < -0.3 is 10.6 Å². The zero-order valence-electron chi connectivity index (χ0n) is 40.7. The van der Waals surface area contributed by atoms with E-state index in [1.54, 1.807) is 12.1 Å². The standard InChI is InChI=1S/C53H65F3N10O3/c1-9-35-23-37(14-15-40(35)27-64-28-42(29-64)65(61-58)49(57)67)33(4)60-69-30-34-13-20-43(45(22-34)53(54,55)56)38-11-10-12-39(24-38)48-26-51(5,6)46-21-31(2)44(25-47(46)52(48,7)8)32(3)36-16-18-41(19-17-36)66-50(68)59-62-63-66/h13-23,25,38-39,42,48,61H,3,9-12,24,26-30,58H2,1-2,4-8H3,(H2,57,67)(H,59,63,68)/b60-33+. The number of nitrogens with one attached hydrogen (secondary N) is 2. The molecule has 0 radical (unpaired) electrons. The number of aromatic nitrogens is 4. The summed E-state index contributed by atoms with van der Waals surface area (Å²) in [6, 6.07) is 22.2. The fourth-order valence-corrected chi connectivity index (χ4v) is 11.5. The van der Waals surface area contributed by atoms with Crippen molar-refractivity contribution in [2.75, 3.05) is 13.1 Å². The molecule has 6 N–H and O–H groups in total. The van der Waals surface area contributed by atoms with E-state index in [9.17, 15) is 9.59 Å². The molecule has 3 aliphatic rings. The Hall–Kier alpha value is -6.10. The minimum absolute atomic E-state index is 0.100. The number of tetrazole rings is 1. The molecule has 3 atom stereocenters. The number of hydrazine groups is 2. The van der Waals surface area contributed by atoms with Gasteiger partial charge in [-0.2, -0.15) is 23.4 Å². The number of urea groups is 1. The summed E-state index contributed by atoms with van der Waals surface area (Å²) < 4.78 is 46.3. The highest BCUT2D eigenvalue weighted by atomic mass is 19.4. The Balaban J connectivity index is 0.956. The number of carbonyl (C=O) groups is 1. The van der Waals surface area contributed by atoms with E-state index in [-0.39, 0.29) is 41.2 Å². The quantitative estimate of drug-likeness (QED) is 0.0485. The van der Waals surface area contributed by atoms with Crippen LogP contribution in [0.15, 0.2) is 89.3 Å². The number of aromatic amines is 1. The molecule has 13 nitrogen and oxygen atoms in total. The van der Waals surface area contributed by atoms with Crippen LogP contribution >= 0.6 is 0 Å². The first-order chi connectivity index (χ1) is 32.7. The Morgan fingerprint density at radius 1 is 1.00 bits per heavy atom. The SMILES string of the molecule is C=C(c1ccc(-n2nn[nH]c2=O)cc1)c1cc2c(cc1C)C(C)(C)CC(C1CCCC(c3ccc(CO/N=C(\C)c4ccc(CN5CC(N(NN)C(N)=O)C5)c(CC)c4)cc3C(F)(F)F)C1)C2(C)C. The molecule has 5 aromatic rings. The summed E-state index contributed by atoms with van der Waals surface area (Å²) in [6.45, 7) is 21.6. The van der Waals surface area contributed by atoms with Crippen LogP contribution in [0.5, 0.6) is 0 Å². The maximum absolute atomic E-state index is 15.0. The number of rotatable bonds is 14. The summed E-state index contributed by atoms with van der Waals surface area (Å²) in [4.78, 5) is 31.7. The molecule has 8 rings (SSSR count). The predicted octanol–water partition coefficient (Wildman–Crippen LogP) is 9.34. The van der Waals surface area contributed by atoms with E-state index in [0.717, 1.165) is 64.6 Å². The third-order valence-corrected chi connectivity index (χ3v) is 15.4. The molecule has 0 bridgehead atoms. The van der Waals surface area contributed by atoms with Crippen molar-refractivity contribution < 1.29 is 22.8 Å². The number of hydrogen-bond acceptors (Lipinski definition) is 9. The van der Waals surface area contributed by atoms with Crippen molar-refractivity contribution in [1.29, 1.82) is 0 Å². The van der Waals surface area contributed by atoms with Crippen molar-refractivity contribution in [2.24, 2.45) is 28.6 Å². The fraction of sp³-hybridized carbons (Fsp3) is 0.453. The molecule has 1 saturated carbocycles. The molecular weight excluding hydrogens is 882 g/mol. The molecular formula is C53H65F3N10O3. The molecule has 2 heterocycles. The molecule has 0 spiro atoms. The summed E-state index contributed by atoms with van der Waals surface area (Å²) in [7, 11) is 0. The van der Waals surface area contributed by atoms with E-state index in [4.69, 9.17) is 16.4 Å². The first-order valence-electron chi connectivity index (χ1n) is 23.9. The molecule has 2 aliphatic carbocycles. The lowest BCUT2D eigenvalue weighted by Gasteiger charge is -2.52. The minimum atomic E-state index is -4.54. The number of fused-ring (bicyclic) bond motifs is 1. The number of alkyl halides is 3. The lowest BCUT2D eigenvalue weighted by atomic mass is 9.52. The number of benzene rings is 4. The van der Waals surface area contributed by atoms with E-state index >= 15 is 13.2 Å². The number of likely N-dealkylation sites (tertiary alicyclic amines) is 1. The normalized spacial score (nSPS) is 20.5. The maximum Gasteiger partial charge on any atom is 0.416 e. The second kappa shape index (κ2) is 19.4. The molecule has 1 aromatic heterocycles. The van der Waals surface area contributed by atoms with Gasteiger partial charge in [0.15, 0.2) is 0 Å². The average molecular weight is 947 g/mol. The summed E-state index contributed by atoms with van der Waals surface area (Å²) in [6.07, 6.45) is 0.410. The van der Waals surface area contributed by atoms with Gasteiger partial charge in [-0.3, -0.25) is 10.7 Å². The van der Waals surface area contributed by atoms with Gasteiger partial charge in [-0.15, -0.1) is 0 Å². The van der Waals surface area contributed by atoms with Gasteiger partial charge in [0, 0.05) is 19.6 Å². The molecule has 1 aliphatic heterocycles. The van der Waals surface area contributed by atoms with Crippen LogP contribution in [0.2, 0.25) is 0 Å². The Morgan fingerprint density at radius 2 is 1.72 bits per heavy atom. The number of halogens is 3. The highest BCUT2D eigenvalue weighted by Gasteiger charge is 2.49. The van der Waals surface area contributed by atoms with E-state index in [0.29, 0.717) is 55.0 Å². The molecule has 2 fully saturated rings. The molecule has 2 amide bonds. The number of nitrogens with two attached hydrogens (primary N) is 2. The van der Waals surface area contributed by atoms with Gasteiger partial charge in [0.1, 0.15) is 6.61 Å². The number of primary amides is 1. The van der Waals surface area contributed by atoms with Crippen LogP contribution in [-0.2, 0) is 41.4 Å². The molecule has 3 unspecified atom stereocenters. The van der Waals surface area contributed by atoms with Gasteiger partial charge in [0.05, 0.1) is 23.0 Å². The van der Waals surface area contributed by atoms with E-state index in [1.165, 1.54) is 26.9 Å². The molecule has 16 heteroatoms. The number of amides is 2. The van der Waals surface area contributed by atoms with E-state index < -0.39 is 23.5 Å². The summed E-state index contributed by atoms with van der Waals surface area (Å²) in [5, 5.41) is 15.3. The van der Waals surface area contributed by atoms with Gasteiger partial charge >= 0.3 is 17.9 Å². The van der Waals surface area contributed by atoms with Crippen LogP contribution in [0, 0.1) is 18.8 Å². The van der Waals surface area contributed by atoms with E-state index in [1.807, 2.05) is 37.3 Å². The lowest BCUT2D eigenvalue weighted by molar-refractivity contribution is -0.138. The highest BCUT2D eigenvalue weighted by molar-refractivity contribution is 5.98. The largest absolute Gasteiger partial charge is 0.416 e. The summed E-state index contributed by atoms with van der Waals surface area (Å²) in [5.41, 5.74) is 18.0. The number of carbonyl (C=O) groups excluding carboxylic acids is 1. The van der Waals surface area contributed by atoms with Crippen LogP contribution in [0.3, 0.4) is 0 Å². The zero-order chi connectivity index (χ0) is 49.6. The van der Waals surface area contributed by atoms with Gasteiger partial charge in [-0.1, -0.05) is 108 Å². The Kier molecular flexibility index (Phi) is 13.8. The lowest BCUT2D eigenvalue weighted by Crippen LogP contribution is -2.66. The van der Waals surface area contributed by atoms with Crippen LogP contribution in [-0.4, -0.2) is 61.0 Å². The third kappa shape index (κ3) is 10.0. The minimum Gasteiger partial charge on any atom is -0.391 e. The zero-order valence-corrected chi connectivity index (χ0v) is 40.7. The number of H-pyrrole nitrogens is 1. The number of hydrogen-bond donors (Lipinski definition) is 4. The first-order valence-corrected chi connectivity index (χ1v) is 23.9. The smallest absolute Gasteiger partial charge is 0.391 e. The van der Waals surface area contributed by atoms with Crippen molar-refractivity contribution >= 4 is 17.3 Å². The Bertz CT molecular complexity index is 2810. The molecule has 366 valence electrons. The third-order valence-electron chi connectivity index (χ3n) is 15.4. The van der Waals surface area contributed by atoms with Crippen LogP contribution in [0.1, 0.15) is 141 Å². The van der Waals surface area contributed by atoms with Gasteiger partial charge in [-0.25, -0.2) is 19.7 Å². The predicted molar refractivity (Wildman–Crippen MR) is 262 cm³/mol. The topological polar surface area (TPSA) is 173 Å². The number of aryl methyl sites for hydroxylation is 2. The molecule has 4 aromatic carbocycles. The van der Waals surface area contributed by atoms with Crippen molar-refractivity contribution in [1.82, 2.24) is 35.7 Å². The van der Waals surface area contributed by atoms with Crippen molar-refractivity contribution in [3.8, 4) is 5.69 Å². The number of nitrogens with zero attached hydrogens (tertiary/aromatic N) is 6.